The van der Waals surface area contributed by atoms with E-state index in [0.717, 1.165) is 18.0 Å². The van der Waals surface area contributed by atoms with E-state index in [4.69, 9.17) is 0 Å². The van der Waals surface area contributed by atoms with E-state index < -0.39 is 0 Å². The maximum Gasteiger partial charge on any atom is 0.0309 e. The van der Waals surface area contributed by atoms with Crippen molar-refractivity contribution >= 4 is 0 Å². The van der Waals surface area contributed by atoms with Gasteiger partial charge in [-0.1, -0.05) is 32.6 Å². The Hall–Kier alpha value is -0.0800. The zero-order valence-corrected chi connectivity index (χ0v) is 12.3. The molecular weight excluding hydrogens is 220 g/mol. The molecule has 1 spiro atoms. The fraction of sp³-hybridized carbons (Fsp3) is 1.00. The maximum absolute atomic E-state index is 3.88. The van der Waals surface area contributed by atoms with Crippen LogP contribution in [0.4, 0.5) is 0 Å². The molecule has 1 aliphatic heterocycles. The van der Waals surface area contributed by atoms with Gasteiger partial charge >= 0.3 is 0 Å². The van der Waals surface area contributed by atoms with Crippen molar-refractivity contribution in [2.45, 2.75) is 82.8 Å². The number of hydrogen-bond acceptors (Lipinski definition) is 2. The third kappa shape index (κ3) is 2.60. The third-order valence-corrected chi connectivity index (χ3v) is 5.63. The van der Waals surface area contributed by atoms with Crippen LogP contribution < -0.4 is 5.32 Å². The Morgan fingerprint density at radius 3 is 2.61 bits per heavy atom. The van der Waals surface area contributed by atoms with Gasteiger partial charge in [-0.3, -0.25) is 4.90 Å². The first-order valence-corrected chi connectivity index (χ1v) is 8.23. The first-order valence-electron chi connectivity index (χ1n) is 8.23. The Labute approximate surface area is 113 Å². The molecular formula is C16H30N2. The lowest BCUT2D eigenvalue weighted by Gasteiger charge is -2.48. The van der Waals surface area contributed by atoms with E-state index >= 15 is 0 Å². The summed E-state index contributed by atoms with van der Waals surface area (Å²) < 4.78 is 0. The number of rotatable bonds is 4. The molecule has 2 saturated carbocycles. The van der Waals surface area contributed by atoms with Crippen LogP contribution in [0.5, 0.6) is 0 Å². The zero-order chi connectivity index (χ0) is 12.6. The molecule has 0 aromatic rings. The summed E-state index contributed by atoms with van der Waals surface area (Å²) in [5.41, 5.74) is 0.490. The molecule has 0 amide bonds. The van der Waals surface area contributed by atoms with E-state index in [1.165, 1.54) is 64.5 Å². The smallest absolute Gasteiger partial charge is 0.0309 e. The van der Waals surface area contributed by atoms with E-state index in [1.54, 1.807) is 0 Å². The average molecular weight is 250 g/mol. The van der Waals surface area contributed by atoms with Crippen LogP contribution in [0, 0.1) is 5.92 Å². The molecule has 0 aromatic heterocycles. The highest BCUT2D eigenvalue weighted by atomic mass is 15.3. The number of hydrogen-bond donors (Lipinski definition) is 1. The summed E-state index contributed by atoms with van der Waals surface area (Å²) in [4.78, 5) is 2.86. The molecule has 2 heteroatoms. The van der Waals surface area contributed by atoms with Gasteiger partial charge in [0.2, 0.25) is 0 Å². The van der Waals surface area contributed by atoms with Crippen molar-refractivity contribution in [2.24, 2.45) is 5.92 Å². The van der Waals surface area contributed by atoms with E-state index in [2.05, 4.69) is 24.1 Å². The predicted octanol–water partition coefficient (Wildman–Crippen LogP) is 3.17. The number of nitrogens with zero attached hydrogens (tertiary/aromatic N) is 1. The highest BCUT2D eigenvalue weighted by Crippen LogP contribution is 2.38. The van der Waals surface area contributed by atoms with Gasteiger partial charge in [0, 0.05) is 30.7 Å². The Balaban J connectivity index is 1.66. The molecule has 0 bridgehead atoms. The molecule has 1 heterocycles. The fourth-order valence-electron chi connectivity index (χ4n) is 4.19. The molecule has 1 N–H and O–H groups in total. The predicted molar refractivity (Wildman–Crippen MR) is 76.8 cm³/mol. The standard InChI is InChI=1S/C16H30N2/c1-3-15(10-14-6-7-14)18-12-16(8-4-5-9-16)17-11-13(18)2/h13-15,17H,3-12H2,1-2H3. The lowest BCUT2D eigenvalue weighted by Crippen LogP contribution is -2.64. The summed E-state index contributed by atoms with van der Waals surface area (Å²) in [6.45, 7) is 7.34. The van der Waals surface area contributed by atoms with E-state index in [9.17, 15) is 0 Å². The van der Waals surface area contributed by atoms with Crippen LogP contribution in [-0.4, -0.2) is 35.6 Å². The van der Waals surface area contributed by atoms with Gasteiger partial charge in [0.1, 0.15) is 0 Å². The molecule has 3 aliphatic rings. The molecule has 2 unspecified atom stereocenters. The van der Waals surface area contributed by atoms with Crippen molar-refractivity contribution in [3.05, 3.63) is 0 Å². The van der Waals surface area contributed by atoms with E-state index in [0.29, 0.717) is 5.54 Å². The Kier molecular flexibility index (Phi) is 3.68. The van der Waals surface area contributed by atoms with Gasteiger partial charge in [-0.2, -0.15) is 0 Å². The molecule has 3 fully saturated rings. The Morgan fingerprint density at radius 2 is 2.00 bits per heavy atom. The van der Waals surface area contributed by atoms with Gasteiger partial charge in [-0.25, -0.2) is 0 Å². The average Bonchev–Trinajstić information content (AvgIpc) is 3.09. The van der Waals surface area contributed by atoms with E-state index in [1.807, 2.05) is 0 Å². The second kappa shape index (κ2) is 5.13. The number of nitrogens with one attached hydrogen (secondary N) is 1. The van der Waals surface area contributed by atoms with E-state index in [-0.39, 0.29) is 0 Å². The highest BCUT2D eigenvalue weighted by molar-refractivity contribution is 5.01. The normalized spacial score (nSPS) is 34.0. The van der Waals surface area contributed by atoms with Crippen molar-refractivity contribution in [2.75, 3.05) is 13.1 Å². The van der Waals surface area contributed by atoms with Crippen LogP contribution in [0.25, 0.3) is 0 Å². The van der Waals surface area contributed by atoms with Crippen molar-refractivity contribution in [1.29, 1.82) is 0 Å². The topological polar surface area (TPSA) is 15.3 Å². The van der Waals surface area contributed by atoms with Gasteiger partial charge in [0.15, 0.2) is 0 Å². The minimum atomic E-state index is 0.490. The van der Waals surface area contributed by atoms with Crippen LogP contribution in [0.15, 0.2) is 0 Å². The van der Waals surface area contributed by atoms with Crippen LogP contribution in [0.2, 0.25) is 0 Å². The summed E-state index contributed by atoms with van der Waals surface area (Å²) in [5, 5.41) is 3.88. The monoisotopic (exact) mass is 250 g/mol. The van der Waals surface area contributed by atoms with Crippen molar-refractivity contribution in [3.63, 3.8) is 0 Å². The van der Waals surface area contributed by atoms with Gasteiger partial charge in [0.05, 0.1) is 0 Å². The number of piperazine rings is 1. The highest BCUT2D eigenvalue weighted by Gasteiger charge is 2.42. The maximum atomic E-state index is 3.88. The lowest BCUT2D eigenvalue weighted by atomic mass is 9.90. The Bertz CT molecular complexity index is 279. The first kappa shape index (κ1) is 12.9. The molecule has 1 saturated heterocycles. The second-order valence-electron chi connectivity index (χ2n) is 7.13. The van der Waals surface area contributed by atoms with Crippen molar-refractivity contribution in [3.8, 4) is 0 Å². The zero-order valence-electron chi connectivity index (χ0n) is 12.3. The molecule has 18 heavy (non-hydrogen) atoms. The van der Waals surface area contributed by atoms with Crippen LogP contribution in [0.3, 0.4) is 0 Å². The molecule has 2 atom stereocenters. The van der Waals surface area contributed by atoms with Gasteiger partial charge in [0.25, 0.3) is 0 Å². The molecule has 3 rings (SSSR count). The summed E-state index contributed by atoms with van der Waals surface area (Å²) in [6, 6.07) is 1.59. The minimum Gasteiger partial charge on any atom is -0.308 e. The van der Waals surface area contributed by atoms with Crippen molar-refractivity contribution in [1.82, 2.24) is 10.2 Å². The van der Waals surface area contributed by atoms with Crippen molar-refractivity contribution < 1.29 is 0 Å². The lowest BCUT2D eigenvalue weighted by molar-refractivity contribution is 0.0432. The molecule has 2 aliphatic carbocycles. The minimum absolute atomic E-state index is 0.490. The summed E-state index contributed by atoms with van der Waals surface area (Å²) in [6.07, 6.45) is 11.5. The summed E-state index contributed by atoms with van der Waals surface area (Å²) in [5.74, 6) is 1.07. The molecule has 0 radical (unpaired) electrons. The Morgan fingerprint density at radius 1 is 1.28 bits per heavy atom. The van der Waals surface area contributed by atoms with Gasteiger partial charge < -0.3 is 5.32 Å². The van der Waals surface area contributed by atoms with Gasteiger partial charge in [-0.15, -0.1) is 0 Å². The second-order valence-corrected chi connectivity index (χ2v) is 7.13. The van der Waals surface area contributed by atoms with Crippen LogP contribution >= 0.6 is 0 Å². The fourth-order valence-corrected chi connectivity index (χ4v) is 4.19. The van der Waals surface area contributed by atoms with Crippen LogP contribution in [-0.2, 0) is 0 Å². The quantitative estimate of drug-likeness (QED) is 0.824. The molecule has 2 nitrogen and oxygen atoms in total. The first-order chi connectivity index (χ1) is 8.72. The summed E-state index contributed by atoms with van der Waals surface area (Å²) in [7, 11) is 0. The molecule has 104 valence electrons. The summed E-state index contributed by atoms with van der Waals surface area (Å²) >= 11 is 0. The van der Waals surface area contributed by atoms with Gasteiger partial charge in [-0.05, 0) is 38.5 Å². The third-order valence-electron chi connectivity index (χ3n) is 5.63. The molecule has 0 aromatic carbocycles. The van der Waals surface area contributed by atoms with Crippen LogP contribution in [0.1, 0.15) is 65.2 Å². The largest absolute Gasteiger partial charge is 0.308 e. The SMILES string of the molecule is CCC(CC1CC1)N1CC2(CCCC2)NCC1C.